The molecular weight excluding hydrogens is 292 g/mol. The van der Waals surface area contributed by atoms with Gasteiger partial charge >= 0.3 is 0 Å². The van der Waals surface area contributed by atoms with Crippen LogP contribution < -0.4 is 5.32 Å². The Morgan fingerprint density at radius 1 is 1.09 bits per heavy atom. The number of amides is 1. The maximum Gasteiger partial charge on any atom is 0.250 e. The van der Waals surface area contributed by atoms with Crippen LogP contribution in [0.2, 0.25) is 0 Å². The molecule has 0 bridgehead atoms. The highest BCUT2D eigenvalue weighted by Gasteiger charge is 2.07. The first kappa shape index (κ1) is 15.9. The number of benzene rings is 2. The van der Waals surface area contributed by atoms with Crippen LogP contribution in [0.1, 0.15) is 11.1 Å². The number of thiocarbonyl (C=S) groups is 1. The Kier molecular flexibility index (Phi) is 5.86. The van der Waals surface area contributed by atoms with Crippen LogP contribution in [0.15, 0.2) is 66.7 Å². The number of rotatable bonds is 4. The van der Waals surface area contributed by atoms with E-state index < -0.39 is 0 Å². The van der Waals surface area contributed by atoms with Gasteiger partial charge in [-0.2, -0.15) is 0 Å². The largest absolute Gasteiger partial charge is 0.348 e. The molecule has 3 nitrogen and oxygen atoms in total. The first-order valence-corrected chi connectivity index (χ1v) is 7.39. The third kappa shape index (κ3) is 5.14. The lowest BCUT2D eigenvalue weighted by Gasteiger charge is -2.19. The molecular formula is C18H18N2OS. The first-order chi connectivity index (χ1) is 10.6. The second-order valence-corrected chi connectivity index (χ2v) is 5.27. The van der Waals surface area contributed by atoms with Crippen molar-refractivity contribution in [1.82, 2.24) is 10.2 Å². The number of nitrogens with one attached hydrogen (secondary N) is 1. The number of hydrogen-bond acceptors (Lipinski definition) is 2. The minimum Gasteiger partial charge on any atom is -0.348 e. The summed E-state index contributed by atoms with van der Waals surface area (Å²) in [6, 6.07) is 19.6. The van der Waals surface area contributed by atoms with Gasteiger partial charge in [0.25, 0.3) is 0 Å². The molecule has 2 aromatic carbocycles. The number of nitrogens with zero attached hydrogens (tertiary/aromatic N) is 1. The molecule has 0 aromatic heterocycles. The lowest BCUT2D eigenvalue weighted by Crippen LogP contribution is -2.39. The van der Waals surface area contributed by atoms with Crippen LogP contribution in [-0.2, 0) is 11.3 Å². The van der Waals surface area contributed by atoms with E-state index in [1.54, 1.807) is 6.08 Å². The second kappa shape index (κ2) is 8.10. The predicted octanol–water partition coefficient (Wildman–Crippen LogP) is 3.23. The Balaban J connectivity index is 1.85. The average molecular weight is 310 g/mol. The summed E-state index contributed by atoms with van der Waals surface area (Å²) in [7, 11) is 1.86. The fourth-order valence-corrected chi connectivity index (χ4v) is 2.07. The monoisotopic (exact) mass is 310 g/mol. The maximum atomic E-state index is 11.9. The van der Waals surface area contributed by atoms with Crippen molar-refractivity contribution >= 4 is 29.3 Å². The van der Waals surface area contributed by atoms with Crippen LogP contribution in [0.5, 0.6) is 0 Å². The molecule has 0 aliphatic heterocycles. The van der Waals surface area contributed by atoms with Gasteiger partial charge in [-0.1, -0.05) is 60.7 Å². The Hall–Kier alpha value is -2.46. The molecule has 22 heavy (non-hydrogen) atoms. The molecule has 2 rings (SSSR count). The third-order valence-electron chi connectivity index (χ3n) is 3.07. The molecule has 1 amide bonds. The molecule has 0 unspecified atom stereocenters. The van der Waals surface area contributed by atoms with E-state index in [1.165, 1.54) is 6.08 Å². The van der Waals surface area contributed by atoms with Crippen LogP contribution in [0.25, 0.3) is 6.08 Å². The van der Waals surface area contributed by atoms with Gasteiger partial charge in [0.05, 0.1) is 0 Å². The van der Waals surface area contributed by atoms with Crippen molar-refractivity contribution in [2.24, 2.45) is 0 Å². The van der Waals surface area contributed by atoms with E-state index >= 15 is 0 Å². The number of carbonyl (C=O) groups excluding carboxylic acids is 1. The van der Waals surface area contributed by atoms with Gasteiger partial charge < -0.3 is 4.90 Å². The van der Waals surface area contributed by atoms with E-state index in [9.17, 15) is 4.79 Å². The van der Waals surface area contributed by atoms with Gasteiger partial charge in [0.1, 0.15) is 0 Å². The standard InChI is InChI=1S/C18H18N2OS/c1-20(14-16-10-6-3-7-11-16)18(22)19-17(21)13-12-15-8-4-2-5-9-15/h2-13H,14H2,1H3,(H,19,21,22)/b13-12+. The Labute approximate surface area is 136 Å². The maximum absolute atomic E-state index is 11.9. The summed E-state index contributed by atoms with van der Waals surface area (Å²) >= 11 is 5.24. The van der Waals surface area contributed by atoms with Crippen molar-refractivity contribution < 1.29 is 4.79 Å². The lowest BCUT2D eigenvalue weighted by molar-refractivity contribution is -0.115. The molecule has 0 aliphatic rings. The van der Waals surface area contributed by atoms with E-state index in [-0.39, 0.29) is 5.91 Å². The normalized spacial score (nSPS) is 10.4. The zero-order valence-corrected chi connectivity index (χ0v) is 13.2. The van der Waals surface area contributed by atoms with Crippen molar-refractivity contribution in [2.45, 2.75) is 6.54 Å². The van der Waals surface area contributed by atoms with Gasteiger partial charge in [0.15, 0.2) is 5.11 Å². The van der Waals surface area contributed by atoms with Crippen molar-refractivity contribution in [3.05, 3.63) is 77.9 Å². The second-order valence-electron chi connectivity index (χ2n) is 4.88. The van der Waals surface area contributed by atoms with Gasteiger partial charge in [-0.25, -0.2) is 0 Å². The van der Waals surface area contributed by atoms with Gasteiger partial charge in [0, 0.05) is 19.7 Å². The molecule has 1 N–H and O–H groups in total. The fourth-order valence-electron chi connectivity index (χ4n) is 1.91. The average Bonchev–Trinajstić information content (AvgIpc) is 2.55. The van der Waals surface area contributed by atoms with Crippen molar-refractivity contribution in [3.8, 4) is 0 Å². The predicted molar refractivity (Wildman–Crippen MR) is 94.1 cm³/mol. The highest BCUT2D eigenvalue weighted by molar-refractivity contribution is 7.80. The quantitative estimate of drug-likeness (QED) is 0.695. The van der Waals surface area contributed by atoms with Crippen LogP contribution in [-0.4, -0.2) is 23.0 Å². The van der Waals surface area contributed by atoms with Gasteiger partial charge in [0.2, 0.25) is 5.91 Å². The highest BCUT2D eigenvalue weighted by Crippen LogP contribution is 2.03. The molecule has 0 radical (unpaired) electrons. The molecule has 4 heteroatoms. The van der Waals surface area contributed by atoms with Gasteiger partial charge in [-0.3, -0.25) is 10.1 Å². The molecule has 0 spiro atoms. The van der Waals surface area contributed by atoms with Crippen molar-refractivity contribution in [2.75, 3.05) is 7.05 Å². The zero-order valence-electron chi connectivity index (χ0n) is 12.4. The number of carbonyl (C=O) groups is 1. The molecule has 0 aliphatic carbocycles. The van der Waals surface area contributed by atoms with E-state index in [1.807, 2.05) is 72.6 Å². The van der Waals surface area contributed by atoms with Gasteiger partial charge in [-0.05, 0) is 29.4 Å². The van der Waals surface area contributed by atoms with Crippen LogP contribution in [0.4, 0.5) is 0 Å². The molecule has 0 saturated heterocycles. The van der Waals surface area contributed by atoms with E-state index in [4.69, 9.17) is 12.2 Å². The van der Waals surface area contributed by atoms with Crippen LogP contribution in [0.3, 0.4) is 0 Å². The highest BCUT2D eigenvalue weighted by atomic mass is 32.1. The van der Waals surface area contributed by atoms with Crippen molar-refractivity contribution in [3.63, 3.8) is 0 Å². The van der Waals surface area contributed by atoms with Crippen molar-refractivity contribution in [1.29, 1.82) is 0 Å². The molecule has 112 valence electrons. The Morgan fingerprint density at radius 3 is 2.32 bits per heavy atom. The summed E-state index contributed by atoms with van der Waals surface area (Å²) in [4.78, 5) is 13.7. The third-order valence-corrected chi connectivity index (χ3v) is 3.48. The van der Waals surface area contributed by atoms with Crippen LogP contribution >= 0.6 is 12.2 Å². The number of hydrogen-bond donors (Lipinski definition) is 1. The summed E-state index contributed by atoms with van der Waals surface area (Å²) in [5.74, 6) is -0.228. The molecule has 0 fully saturated rings. The minimum atomic E-state index is -0.228. The van der Waals surface area contributed by atoms with Gasteiger partial charge in [-0.15, -0.1) is 0 Å². The minimum absolute atomic E-state index is 0.228. The molecule has 0 heterocycles. The summed E-state index contributed by atoms with van der Waals surface area (Å²) in [5.41, 5.74) is 2.11. The fraction of sp³-hybridized carbons (Fsp3) is 0.111. The summed E-state index contributed by atoms with van der Waals surface area (Å²) in [5, 5.41) is 3.11. The summed E-state index contributed by atoms with van der Waals surface area (Å²) in [6.07, 6.45) is 3.24. The summed E-state index contributed by atoms with van der Waals surface area (Å²) in [6.45, 7) is 0.655. The topological polar surface area (TPSA) is 32.3 Å². The Bertz CT molecular complexity index is 653. The molecule has 0 atom stereocenters. The van der Waals surface area contributed by atoms with E-state index in [0.717, 1.165) is 11.1 Å². The lowest BCUT2D eigenvalue weighted by atomic mass is 10.2. The molecule has 2 aromatic rings. The molecule has 0 saturated carbocycles. The van der Waals surface area contributed by atoms with Crippen LogP contribution in [0, 0.1) is 0 Å². The smallest absolute Gasteiger partial charge is 0.250 e. The van der Waals surface area contributed by atoms with E-state index in [2.05, 4.69) is 5.32 Å². The SMILES string of the molecule is CN(Cc1ccccc1)C(=S)NC(=O)/C=C/c1ccccc1. The Morgan fingerprint density at radius 2 is 1.68 bits per heavy atom. The zero-order chi connectivity index (χ0) is 15.8. The first-order valence-electron chi connectivity index (χ1n) is 6.98. The van der Waals surface area contributed by atoms with E-state index in [0.29, 0.717) is 11.7 Å². The summed E-state index contributed by atoms with van der Waals surface area (Å²) < 4.78 is 0.